The molecule has 0 unspecified atom stereocenters. The zero-order chi connectivity index (χ0) is 41.8. The van der Waals surface area contributed by atoms with E-state index in [0.717, 1.165) is 33.4 Å². The van der Waals surface area contributed by atoms with Crippen molar-refractivity contribution in [3.8, 4) is 34.1 Å². The Hall–Kier alpha value is -7.36. The molecule has 58 heavy (non-hydrogen) atoms. The van der Waals surface area contributed by atoms with E-state index < -0.39 is 61.4 Å². The van der Waals surface area contributed by atoms with Crippen LogP contribution in [0.15, 0.2) is 110 Å². The summed E-state index contributed by atoms with van der Waals surface area (Å²) in [4.78, 5) is 70.8. The van der Waals surface area contributed by atoms with Crippen molar-refractivity contribution in [3.05, 3.63) is 132 Å². The lowest BCUT2D eigenvalue weighted by Gasteiger charge is -2.10. The number of fused-ring (bicyclic) bond motifs is 3. The summed E-state index contributed by atoms with van der Waals surface area (Å²) in [5.41, 5.74) is 5.33. The van der Waals surface area contributed by atoms with E-state index in [1.807, 2.05) is 31.2 Å². The topological polar surface area (TPSA) is 176 Å². The highest BCUT2D eigenvalue weighted by Crippen LogP contribution is 2.47. The maximum Gasteiger partial charge on any atom is 0.516 e. The zero-order valence-electron chi connectivity index (χ0n) is 30.8. The number of rotatable bonds is 16. The number of aryl methyl sites for hydroxylation is 2. The second kappa shape index (κ2) is 19.5. The largest absolute Gasteiger partial charge is 0.516 e. The minimum Gasteiger partial charge on any atom is -0.427 e. The lowest BCUT2D eigenvalue weighted by Crippen LogP contribution is -2.15. The Morgan fingerprint density at radius 2 is 0.879 bits per heavy atom. The van der Waals surface area contributed by atoms with E-state index in [0.29, 0.717) is 24.3 Å². The standard InChI is InChI=1S/C42H34F2O14/c1-24-35-20-31(55-37(45)18-8-27-4-10-29(11-5-27)57-41(49)53-22-51-39(47)25(2)43)14-16-33(35)34-17-15-32(21-36(24)34)56-38(46)19-9-28-6-12-30(13-7-28)58-42(50)54-23-52-40(48)26(3)44/h4-7,10-17,20-21,24H,2-3,8-9,18-19,22-23H2,1H3. The molecule has 0 radical (unpaired) electrons. The molecule has 4 aromatic carbocycles. The first kappa shape index (κ1) is 41.8. The molecule has 0 amide bonds. The summed E-state index contributed by atoms with van der Waals surface area (Å²) >= 11 is 0. The van der Waals surface area contributed by atoms with Gasteiger partial charge < -0.3 is 37.9 Å². The lowest BCUT2D eigenvalue weighted by atomic mass is 9.99. The lowest BCUT2D eigenvalue weighted by molar-refractivity contribution is -0.150. The second-order valence-corrected chi connectivity index (χ2v) is 12.4. The number of hydrogen-bond acceptors (Lipinski definition) is 14. The number of benzene rings is 4. The Kier molecular flexibility index (Phi) is 14.0. The van der Waals surface area contributed by atoms with Crippen LogP contribution in [0.2, 0.25) is 0 Å². The average Bonchev–Trinajstić information content (AvgIpc) is 3.46. The highest BCUT2D eigenvalue weighted by atomic mass is 19.1. The maximum absolute atomic E-state index is 12.7. The first-order valence-electron chi connectivity index (χ1n) is 17.4. The third kappa shape index (κ3) is 11.8. The number of carbonyl (C=O) groups is 6. The van der Waals surface area contributed by atoms with Crippen LogP contribution in [0.25, 0.3) is 11.1 Å². The number of ether oxygens (including phenoxy) is 8. The van der Waals surface area contributed by atoms with E-state index in [-0.39, 0.29) is 30.3 Å². The minimum absolute atomic E-state index is 0.0636. The van der Waals surface area contributed by atoms with Gasteiger partial charge in [-0.3, -0.25) is 9.59 Å². The molecule has 14 nitrogen and oxygen atoms in total. The molecular weight excluding hydrogens is 766 g/mol. The van der Waals surface area contributed by atoms with E-state index in [2.05, 4.69) is 32.1 Å². The van der Waals surface area contributed by atoms with Crippen LogP contribution in [0.5, 0.6) is 23.0 Å². The molecule has 0 spiro atoms. The number of esters is 4. The third-order valence-corrected chi connectivity index (χ3v) is 8.39. The van der Waals surface area contributed by atoms with Crippen LogP contribution < -0.4 is 18.9 Å². The van der Waals surface area contributed by atoms with Crippen LogP contribution >= 0.6 is 0 Å². The quantitative estimate of drug-likeness (QED) is 0.0351. The Labute approximate surface area is 329 Å². The molecule has 0 saturated carbocycles. The molecule has 0 aromatic heterocycles. The van der Waals surface area contributed by atoms with Crippen LogP contribution in [-0.4, -0.2) is 49.8 Å². The first-order chi connectivity index (χ1) is 27.7. The monoisotopic (exact) mass is 800 g/mol. The molecule has 300 valence electrons. The van der Waals surface area contributed by atoms with Crippen molar-refractivity contribution >= 4 is 36.2 Å². The van der Waals surface area contributed by atoms with Crippen molar-refractivity contribution in [2.24, 2.45) is 0 Å². The van der Waals surface area contributed by atoms with Crippen LogP contribution in [0, 0.1) is 0 Å². The van der Waals surface area contributed by atoms with Gasteiger partial charge in [-0.2, -0.15) is 8.78 Å². The fourth-order valence-corrected chi connectivity index (χ4v) is 5.56. The van der Waals surface area contributed by atoms with Crippen LogP contribution in [0.4, 0.5) is 18.4 Å². The Morgan fingerprint density at radius 3 is 1.24 bits per heavy atom. The highest BCUT2D eigenvalue weighted by molar-refractivity contribution is 5.85. The van der Waals surface area contributed by atoms with Gasteiger partial charge in [-0.15, -0.1) is 0 Å². The van der Waals surface area contributed by atoms with Gasteiger partial charge in [0.1, 0.15) is 23.0 Å². The molecule has 16 heteroatoms. The first-order valence-corrected chi connectivity index (χ1v) is 17.4. The maximum atomic E-state index is 12.7. The van der Waals surface area contributed by atoms with Crippen molar-refractivity contribution in [2.75, 3.05) is 13.6 Å². The molecule has 0 saturated heterocycles. The van der Waals surface area contributed by atoms with E-state index in [9.17, 15) is 37.5 Å². The molecule has 1 aliphatic rings. The molecule has 0 atom stereocenters. The highest BCUT2D eigenvalue weighted by Gasteiger charge is 2.27. The predicted octanol–water partition coefficient (Wildman–Crippen LogP) is 7.89. The molecule has 0 fully saturated rings. The van der Waals surface area contributed by atoms with Gasteiger partial charge in [0.2, 0.25) is 25.2 Å². The van der Waals surface area contributed by atoms with E-state index in [1.165, 1.54) is 24.3 Å². The minimum atomic E-state index is -1.37. The van der Waals surface area contributed by atoms with Gasteiger partial charge in [0.15, 0.2) is 0 Å². The van der Waals surface area contributed by atoms with Crippen molar-refractivity contribution in [3.63, 3.8) is 0 Å². The van der Waals surface area contributed by atoms with Gasteiger partial charge in [0.25, 0.3) is 0 Å². The van der Waals surface area contributed by atoms with E-state index in [4.69, 9.17) is 18.9 Å². The number of carbonyl (C=O) groups excluding carboxylic acids is 6. The molecule has 0 heterocycles. The number of halogens is 2. The summed E-state index contributed by atoms with van der Waals surface area (Å²) in [5, 5.41) is 0. The van der Waals surface area contributed by atoms with Gasteiger partial charge in [-0.25, -0.2) is 19.2 Å². The van der Waals surface area contributed by atoms with Gasteiger partial charge in [0, 0.05) is 18.8 Å². The average molecular weight is 801 g/mol. The summed E-state index contributed by atoms with van der Waals surface area (Å²) in [6.45, 7) is 5.81. The Bertz CT molecular complexity index is 2070. The molecular formula is C42H34F2O14. The van der Waals surface area contributed by atoms with Crippen molar-refractivity contribution in [1.29, 1.82) is 0 Å². The van der Waals surface area contributed by atoms with Gasteiger partial charge in [0.05, 0.1) is 0 Å². The van der Waals surface area contributed by atoms with Crippen molar-refractivity contribution in [1.82, 2.24) is 0 Å². The predicted molar refractivity (Wildman–Crippen MR) is 197 cm³/mol. The summed E-state index contributed by atoms with van der Waals surface area (Å²) in [6, 6.07) is 23.3. The van der Waals surface area contributed by atoms with Crippen molar-refractivity contribution in [2.45, 2.75) is 38.5 Å². The third-order valence-electron chi connectivity index (χ3n) is 8.39. The molecule has 0 bridgehead atoms. The van der Waals surface area contributed by atoms with Gasteiger partial charge in [-0.05, 0) is 94.8 Å². The molecule has 1 aliphatic carbocycles. The normalized spacial score (nSPS) is 11.2. The molecule has 5 rings (SSSR count). The summed E-state index contributed by atoms with van der Waals surface area (Å²) in [5.74, 6) is -5.40. The van der Waals surface area contributed by atoms with Crippen LogP contribution in [0.3, 0.4) is 0 Å². The smallest absolute Gasteiger partial charge is 0.427 e. The fraction of sp³-hybridized carbons (Fsp3) is 0.190. The van der Waals surface area contributed by atoms with E-state index in [1.54, 1.807) is 36.4 Å². The molecule has 0 N–H and O–H groups in total. The summed E-state index contributed by atoms with van der Waals surface area (Å²) < 4.78 is 64.0. The summed E-state index contributed by atoms with van der Waals surface area (Å²) in [7, 11) is 0. The van der Waals surface area contributed by atoms with Gasteiger partial charge >= 0.3 is 36.2 Å². The molecule has 0 aliphatic heterocycles. The fourth-order valence-electron chi connectivity index (χ4n) is 5.56. The van der Waals surface area contributed by atoms with E-state index >= 15 is 0 Å². The second-order valence-electron chi connectivity index (χ2n) is 12.4. The van der Waals surface area contributed by atoms with Gasteiger partial charge in [-0.1, -0.05) is 56.5 Å². The SMILES string of the molecule is C=C(F)C(=O)OCOC(=O)Oc1ccc(CCC(=O)Oc2ccc3c(c2)C(C)c2cc(OC(=O)CCc4ccc(OC(=O)OCOC(=O)C(=C)F)cc4)ccc2-3)cc1. The zero-order valence-corrected chi connectivity index (χ0v) is 30.8. The molecule has 4 aromatic rings. The Morgan fingerprint density at radius 1 is 0.517 bits per heavy atom. The Balaban J connectivity index is 1.05. The van der Waals surface area contributed by atoms with Crippen molar-refractivity contribution < 1.29 is 75.4 Å². The van der Waals surface area contributed by atoms with Crippen LogP contribution in [0.1, 0.15) is 47.9 Å². The van der Waals surface area contributed by atoms with Crippen LogP contribution in [-0.2, 0) is 51.0 Å². The number of hydrogen-bond donors (Lipinski definition) is 0. The summed E-state index contributed by atoms with van der Waals surface area (Å²) in [6.07, 6.45) is -1.55.